The second-order valence-electron chi connectivity index (χ2n) is 5.42. The molecule has 0 aliphatic carbocycles. The van der Waals surface area contributed by atoms with Crippen LogP contribution in [0.2, 0.25) is 0 Å². The van der Waals surface area contributed by atoms with E-state index in [2.05, 4.69) is 5.32 Å². The highest BCUT2D eigenvalue weighted by Crippen LogP contribution is 2.24. The molecule has 0 spiro atoms. The van der Waals surface area contributed by atoms with E-state index in [4.69, 9.17) is 4.74 Å². The molecule has 0 aromatic carbocycles. The summed E-state index contributed by atoms with van der Waals surface area (Å²) < 4.78 is 5.26. The maximum atomic E-state index is 12.1. The van der Waals surface area contributed by atoms with Crippen LogP contribution in [0.5, 0.6) is 0 Å². The summed E-state index contributed by atoms with van der Waals surface area (Å²) in [6.45, 7) is 3.23. The lowest BCUT2D eigenvalue weighted by molar-refractivity contribution is -0.145. The molecular weight excluding hydrogens is 290 g/mol. The third-order valence-electron chi connectivity index (χ3n) is 4.08. The molecule has 1 aliphatic rings. The Morgan fingerprint density at radius 3 is 2.76 bits per heavy atom. The number of hydrogen-bond donors (Lipinski definition) is 2. The number of rotatable bonds is 6. The zero-order valence-corrected chi connectivity index (χ0v) is 12.9. The van der Waals surface area contributed by atoms with Crippen molar-refractivity contribution in [2.75, 3.05) is 19.8 Å². The minimum absolute atomic E-state index is 0.0769. The van der Waals surface area contributed by atoms with Crippen LogP contribution >= 0.6 is 11.3 Å². The Hall–Kier alpha value is -1.40. The van der Waals surface area contributed by atoms with Crippen LogP contribution in [-0.2, 0) is 14.3 Å². The van der Waals surface area contributed by atoms with Crippen LogP contribution in [0.3, 0.4) is 0 Å². The van der Waals surface area contributed by atoms with Gasteiger partial charge in [0.2, 0.25) is 5.91 Å². The summed E-state index contributed by atoms with van der Waals surface area (Å²) >= 11 is 1.55. The van der Waals surface area contributed by atoms with Crippen molar-refractivity contribution in [2.24, 2.45) is 11.8 Å². The number of aliphatic carboxylic acids is 1. The molecule has 6 heteroatoms. The van der Waals surface area contributed by atoms with Crippen LogP contribution in [0.15, 0.2) is 16.8 Å². The van der Waals surface area contributed by atoms with Crippen molar-refractivity contribution < 1.29 is 19.4 Å². The van der Waals surface area contributed by atoms with Gasteiger partial charge < -0.3 is 15.2 Å². The average molecular weight is 311 g/mol. The summed E-state index contributed by atoms with van der Waals surface area (Å²) in [5.41, 5.74) is 0.968. The minimum Gasteiger partial charge on any atom is -0.481 e. The van der Waals surface area contributed by atoms with Crippen molar-refractivity contribution in [3.05, 3.63) is 22.4 Å². The van der Waals surface area contributed by atoms with Gasteiger partial charge in [-0.2, -0.15) is 11.3 Å². The Morgan fingerprint density at radius 2 is 2.19 bits per heavy atom. The zero-order valence-electron chi connectivity index (χ0n) is 12.1. The molecule has 1 aromatic rings. The molecule has 2 atom stereocenters. The standard InChI is InChI=1S/C15H21NO4S/c1-10(12-4-7-21-9-12)14(17)16-8-13(15(18)19)11-2-5-20-6-3-11/h4,7,9-11,13H,2-3,5-6,8H2,1H3,(H,16,17)(H,18,19). The zero-order chi connectivity index (χ0) is 15.2. The van der Waals surface area contributed by atoms with Gasteiger partial charge in [-0.3, -0.25) is 9.59 Å². The van der Waals surface area contributed by atoms with Gasteiger partial charge in [0.1, 0.15) is 0 Å². The highest BCUT2D eigenvalue weighted by atomic mass is 32.1. The van der Waals surface area contributed by atoms with Gasteiger partial charge in [-0.05, 0) is 48.1 Å². The third kappa shape index (κ3) is 4.28. The molecule has 0 saturated carbocycles. The van der Waals surface area contributed by atoms with Crippen molar-refractivity contribution in [3.63, 3.8) is 0 Å². The number of amides is 1. The van der Waals surface area contributed by atoms with Crippen LogP contribution in [0.25, 0.3) is 0 Å². The SMILES string of the molecule is CC(C(=O)NCC(C(=O)O)C1CCOCC1)c1ccsc1. The molecule has 21 heavy (non-hydrogen) atoms. The topological polar surface area (TPSA) is 75.6 Å². The van der Waals surface area contributed by atoms with Gasteiger partial charge in [-0.25, -0.2) is 0 Å². The lowest BCUT2D eigenvalue weighted by Gasteiger charge is -2.28. The molecule has 2 unspecified atom stereocenters. The van der Waals surface area contributed by atoms with Gasteiger partial charge in [-0.15, -0.1) is 0 Å². The Balaban J connectivity index is 1.89. The molecule has 1 amide bonds. The van der Waals surface area contributed by atoms with E-state index in [0.29, 0.717) is 13.2 Å². The number of carboxylic acid groups (broad SMARTS) is 1. The fraction of sp³-hybridized carbons (Fsp3) is 0.600. The Kier molecular flexibility index (Phi) is 5.76. The summed E-state index contributed by atoms with van der Waals surface area (Å²) in [5, 5.41) is 16.0. The molecule has 2 heterocycles. The van der Waals surface area contributed by atoms with E-state index in [-0.39, 0.29) is 24.3 Å². The largest absolute Gasteiger partial charge is 0.481 e. The van der Waals surface area contributed by atoms with Gasteiger partial charge in [0, 0.05) is 19.8 Å². The number of carbonyl (C=O) groups is 2. The van der Waals surface area contributed by atoms with Gasteiger partial charge in [-0.1, -0.05) is 0 Å². The predicted octanol–water partition coefficient (Wildman–Crippen LogP) is 2.10. The maximum absolute atomic E-state index is 12.1. The summed E-state index contributed by atoms with van der Waals surface area (Å²) in [6, 6.07) is 1.92. The molecule has 5 nitrogen and oxygen atoms in total. The lowest BCUT2D eigenvalue weighted by Crippen LogP contribution is -2.40. The van der Waals surface area contributed by atoms with Crippen molar-refractivity contribution in [3.8, 4) is 0 Å². The van der Waals surface area contributed by atoms with Crippen molar-refractivity contribution in [1.29, 1.82) is 0 Å². The first-order valence-corrected chi connectivity index (χ1v) is 8.14. The summed E-state index contributed by atoms with van der Waals surface area (Å²) in [6.07, 6.45) is 1.49. The second kappa shape index (κ2) is 7.56. The van der Waals surface area contributed by atoms with E-state index >= 15 is 0 Å². The smallest absolute Gasteiger partial charge is 0.308 e. The van der Waals surface area contributed by atoms with Crippen molar-refractivity contribution in [1.82, 2.24) is 5.32 Å². The van der Waals surface area contributed by atoms with Crippen LogP contribution in [0.1, 0.15) is 31.2 Å². The van der Waals surface area contributed by atoms with E-state index < -0.39 is 11.9 Å². The molecule has 2 N–H and O–H groups in total. The summed E-state index contributed by atoms with van der Waals surface area (Å²) in [7, 11) is 0. The Bertz CT molecular complexity index is 468. The summed E-state index contributed by atoms with van der Waals surface area (Å²) in [4.78, 5) is 23.5. The van der Waals surface area contributed by atoms with Crippen LogP contribution < -0.4 is 5.32 Å². The van der Waals surface area contributed by atoms with Crippen LogP contribution in [0, 0.1) is 11.8 Å². The molecule has 1 aromatic heterocycles. The van der Waals surface area contributed by atoms with Crippen LogP contribution in [0.4, 0.5) is 0 Å². The third-order valence-corrected chi connectivity index (χ3v) is 4.79. The number of thiophene rings is 1. The second-order valence-corrected chi connectivity index (χ2v) is 6.20. The fourth-order valence-electron chi connectivity index (χ4n) is 2.61. The molecule has 2 rings (SSSR count). The van der Waals surface area contributed by atoms with E-state index in [9.17, 15) is 14.7 Å². The fourth-order valence-corrected chi connectivity index (χ4v) is 3.36. The molecule has 1 fully saturated rings. The predicted molar refractivity (Wildman–Crippen MR) is 80.4 cm³/mol. The van der Waals surface area contributed by atoms with Gasteiger partial charge in [0.15, 0.2) is 0 Å². The normalized spacial score (nSPS) is 18.9. The molecule has 0 bridgehead atoms. The maximum Gasteiger partial charge on any atom is 0.308 e. The number of carboxylic acids is 1. The van der Waals surface area contributed by atoms with E-state index in [1.54, 1.807) is 11.3 Å². The minimum atomic E-state index is -0.842. The molecule has 0 radical (unpaired) electrons. The van der Waals surface area contributed by atoms with Gasteiger partial charge >= 0.3 is 5.97 Å². The van der Waals surface area contributed by atoms with Crippen LogP contribution in [-0.4, -0.2) is 36.7 Å². The monoisotopic (exact) mass is 311 g/mol. The van der Waals surface area contributed by atoms with Crippen molar-refractivity contribution in [2.45, 2.75) is 25.7 Å². The first-order chi connectivity index (χ1) is 10.1. The quantitative estimate of drug-likeness (QED) is 0.843. The van der Waals surface area contributed by atoms with E-state index in [1.165, 1.54) is 0 Å². The van der Waals surface area contributed by atoms with E-state index in [0.717, 1.165) is 18.4 Å². The Morgan fingerprint density at radius 1 is 1.48 bits per heavy atom. The summed E-state index contributed by atoms with van der Waals surface area (Å²) in [5.74, 6) is -1.67. The molecule has 116 valence electrons. The first kappa shape index (κ1) is 16.0. The lowest BCUT2D eigenvalue weighted by atomic mass is 9.86. The number of nitrogens with one attached hydrogen (secondary N) is 1. The number of hydrogen-bond acceptors (Lipinski definition) is 4. The average Bonchev–Trinajstić information content (AvgIpc) is 3.01. The molecular formula is C15H21NO4S. The van der Waals surface area contributed by atoms with Gasteiger partial charge in [0.05, 0.1) is 11.8 Å². The number of carbonyl (C=O) groups excluding carboxylic acids is 1. The highest BCUT2D eigenvalue weighted by Gasteiger charge is 2.30. The first-order valence-electron chi connectivity index (χ1n) is 7.20. The number of ether oxygens (including phenoxy) is 1. The molecule has 1 saturated heterocycles. The van der Waals surface area contributed by atoms with Gasteiger partial charge in [0.25, 0.3) is 0 Å². The Labute approximate surface area is 128 Å². The molecule has 1 aliphatic heterocycles. The van der Waals surface area contributed by atoms with Crippen molar-refractivity contribution >= 4 is 23.2 Å². The highest BCUT2D eigenvalue weighted by molar-refractivity contribution is 7.08. The van der Waals surface area contributed by atoms with E-state index in [1.807, 2.05) is 23.8 Å².